The second-order valence-corrected chi connectivity index (χ2v) is 5.34. The van der Waals surface area contributed by atoms with Gasteiger partial charge in [0.15, 0.2) is 5.96 Å². The van der Waals surface area contributed by atoms with Crippen molar-refractivity contribution in [3.8, 4) is 0 Å². The minimum Gasteiger partial charge on any atom is -0.385 e. The Bertz CT molecular complexity index is 232. The minimum absolute atomic E-state index is 0.789. The molecule has 0 amide bonds. The number of unbranched alkanes of at least 4 members (excludes halogenated alkanes) is 4. The van der Waals surface area contributed by atoms with Gasteiger partial charge in [-0.25, -0.2) is 0 Å². The van der Waals surface area contributed by atoms with Gasteiger partial charge >= 0.3 is 0 Å². The van der Waals surface area contributed by atoms with Crippen LogP contribution in [0.1, 0.15) is 38.5 Å². The molecule has 0 saturated heterocycles. The molecule has 2 N–H and O–H groups in total. The van der Waals surface area contributed by atoms with Crippen LogP contribution < -0.4 is 10.6 Å². The number of rotatable bonds is 12. The first-order valence-corrected chi connectivity index (χ1v) is 7.79. The second kappa shape index (κ2) is 14.6. The van der Waals surface area contributed by atoms with E-state index >= 15 is 0 Å². The molecule has 0 aromatic rings. The number of ether oxygens (including phenoxy) is 1. The lowest BCUT2D eigenvalue weighted by Crippen LogP contribution is -2.38. The molecule has 0 unspecified atom stereocenters. The van der Waals surface area contributed by atoms with Gasteiger partial charge in [0.2, 0.25) is 0 Å². The van der Waals surface area contributed by atoms with E-state index < -0.39 is 0 Å². The summed E-state index contributed by atoms with van der Waals surface area (Å²) < 4.78 is 5.01. The summed E-state index contributed by atoms with van der Waals surface area (Å²) in [6.45, 7) is 3.89. The molecule has 0 heterocycles. The van der Waals surface area contributed by atoms with E-state index in [-0.39, 0.29) is 0 Å². The van der Waals surface area contributed by atoms with Gasteiger partial charge in [0.25, 0.3) is 0 Å². The van der Waals surface area contributed by atoms with Crippen LogP contribution in [0.2, 0.25) is 0 Å². The van der Waals surface area contributed by atoms with E-state index in [9.17, 15) is 0 Å². The molecule has 0 saturated carbocycles. The highest BCUT2D eigenvalue weighted by Crippen LogP contribution is 2.02. The minimum atomic E-state index is 0.789. The molecular weight excluding hydrogens is 252 g/mol. The maximum Gasteiger partial charge on any atom is 0.190 e. The van der Waals surface area contributed by atoms with Crippen LogP contribution in [0.25, 0.3) is 0 Å². The monoisotopic (exact) mass is 286 g/mol. The van der Waals surface area contributed by atoms with Crippen molar-refractivity contribution in [1.29, 1.82) is 0 Å². The zero-order chi connectivity index (χ0) is 15.1. The van der Waals surface area contributed by atoms with Gasteiger partial charge in [0.1, 0.15) is 0 Å². The van der Waals surface area contributed by atoms with Gasteiger partial charge in [-0.15, -0.1) is 0 Å². The van der Waals surface area contributed by atoms with Crippen LogP contribution in [0.3, 0.4) is 0 Å². The molecule has 5 nitrogen and oxygen atoms in total. The predicted octanol–water partition coefficient (Wildman–Crippen LogP) is 1.70. The number of methoxy groups -OCH3 is 1. The van der Waals surface area contributed by atoms with Gasteiger partial charge in [0.05, 0.1) is 0 Å². The Morgan fingerprint density at radius 3 is 2.15 bits per heavy atom. The van der Waals surface area contributed by atoms with Crippen LogP contribution in [0, 0.1) is 0 Å². The Kier molecular flexibility index (Phi) is 14.0. The fraction of sp³-hybridized carbons (Fsp3) is 0.933. The van der Waals surface area contributed by atoms with Crippen molar-refractivity contribution in [2.75, 3.05) is 54.5 Å². The number of nitrogens with one attached hydrogen (secondary N) is 2. The van der Waals surface area contributed by atoms with Crippen LogP contribution in [0.15, 0.2) is 4.99 Å². The molecule has 0 atom stereocenters. The van der Waals surface area contributed by atoms with Crippen molar-refractivity contribution in [1.82, 2.24) is 15.5 Å². The lowest BCUT2D eigenvalue weighted by atomic mass is 10.1. The van der Waals surface area contributed by atoms with Crippen molar-refractivity contribution >= 4 is 5.96 Å². The molecule has 20 heavy (non-hydrogen) atoms. The molecule has 0 aliphatic carbocycles. The maximum atomic E-state index is 5.01. The van der Waals surface area contributed by atoms with E-state index in [1.807, 2.05) is 7.05 Å². The molecule has 0 aromatic heterocycles. The summed E-state index contributed by atoms with van der Waals surface area (Å²) in [6, 6.07) is 0. The van der Waals surface area contributed by atoms with Gasteiger partial charge in [-0.05, 0) is 39.9 Å². The van der Waals surface area contributed by atoms with Gasteiger partial charge in [-0.2, -0.15) is 0 Å². The van der Waals surface area contributed by atoms with Crippen LogP contribution >= 0.6 is 0 Å². The molecule has 0 rings (SSSR count). The van der Waals surface area contributed by atoms with Gasteiger partial charge in [0, 0.05) is 33.9 Å². The fourth-order valence-corrected chi connectivity index (χ4v) is 1.93. The summed E-state index contributed by atoms with van der Waals surface area (Å²) in [4.78, 5) is 6.45. The Labute approximate surface area is 125 Å². The summed E-state index contributed by atoms with van der Waals surface area (Å²) in [7, 11) is 7.81. The van der Waals surface area contributed by atoms with E-state index in [1.54, 1.807) is 7.11 Å². The largest absolute Gasteiger partial charge is 0.385 e. The molecule has 0 aliphatic heterocycles. The first kappa shape index (κ1) is 19.2. The third kappa shape index (κ3) is 13.6. The fourth-order valence-electron chi connectivity index (χ4n) is 1.93. The lowest BCUT2D eigenvalue weighted by molar-refractivity contribution is 0.195. The molecule has 0 fully saturated rings. The molecule has 0 aromatic carbocycles. The van der Waals surface area contributed by atoms with Crippen LogP contribution in [0.4, 0.5) is 0 Å². The Hall–Kier alpha value is -0.810. The summed E-state index contributed by atoms with van der Waals surface area (Å²) in [5, 5.41) is 6.63. The highest BCUT2D eigenvalue weighted by atomic mass is 16.5. The summed E-state index contributed by atoms with van der Waals surface area (Å²) >= 11 is 0. The third-order valence-electron chi connectivity index (χ3n) is 3.12. The van der Waals surface area contributed by atoms with Crippen molar-refractivity contribution in [2.45, 2.75) is 38.5 Å². The topological polar surface area (TPSA) is 48.9 Å². The standard InChI is InChI=1S/C15H34N4O/c1-16-15(18-12-10-14-20-4)17-11-8-6-5-7-9-13-19(2)3/h5-14H2,1-4H3,(H2,16,17,18). The van der Waals surface area contributed by atoms with Crippen molar-refractivity contribution in [2.24, 2.45) is 4.99 Å². The Morgan fingerprint density at radius 1 is 0.950 bits per heavy atom. The highest BCUT2D eigenvalue weighted by Gasteiger charge is 1.97. The molecular formula is C15H34N4O. The van der Waals surface area contributed by atoms with Gasteiger partial charge < -0.3 is 20.3 Å². The summed E-state index contributed by atoms with van der Waals surface area (Å²) in [6.07, 6.45) is 7.48. The number of nitrogens with zero attached hydrogens (tertiary/aromatic N) is 2. The molecule has 0 bridgehead atoms. The molecule has 0 radical (unpaired) electrons. The number of hydrogen-bond donors (Lipinski definition) is 2. The van der Waals surface area contributed by atoms with E-state index in [1.165, 1.54) is 38.6 Å². The SMILES string of the molecule is CN=C(NCCCCCCCN(C)C)NCCCOC. The summed E-state index contributed by atoms with van der Waals surface area (Å²) in [5.41, 5.74) is 0. The first-order chi connectivity index (χ1) is 9.70. The predicted molar refractivity (Wildman–Crippen MR) is 87.5 cm³/mol. The van der Waals surface area contributed by atoms with Crippen molar-refractivity contribution in [3.63, 3.8) is 0 Å². The number of hydrogen-bond acceptors (Lipinski definition) is 3. The Morgan fingerprint density at radius 2 is 1.55 bits per heavy atom. The molecule has 0 aliphatic rings. The van der Waals surface area contributed by atoms with E-state index in [4.69, 9.17) is 4.74 Å². The molecule has 120 valence electrons. The van der Waals surface area contributed by atoms with Crippen molar-refractivity contribution < 1.29 is 4.74 Å². The second-order valence-electron chi connectivity index (χ2n) is 5.34. The van der Waals surface area contributed by atoms with Crippen molar-refractivity contribution in [3.05, 3.63) is 0 Å². The quantitative estimate of drug-likeness (QED) is 0.326. The van der Waals surface area contributed by atoms with Crippen LogP contribution in [0.5, 0.6) is 0 Å². The number of aliphatic imine (C=N–C) groups is 1. The van der Waals surface area contributed by atoms with E-state index in [0.29, 0.717) is 0 Å². The lowest BCUT2D eigenvalue weighted by Gasteiger charge is -2.11. The Balaban J connectivity index is 3.34. The average Bonchev–Trinajstić information content (AvgIpc) is 2.43. The van der Waals surface area contributed by atoms with Crippen LogP contribution in [-0.4, -0.2) is 65.4 Å². The van der Waals surface area contributed by atoms with Gasteiger partial charge in [-0.3, -0.25) is 4.99 Å². The smallest absolute Gasteiger partial charge is 0.190 e. The number of guanidine groups is 1. The maximum absolute atomic E-state index is 5.01. The van der Waals surface area contributed by atoms with Crippen LogP contribution in [-0.2, 0) is 4.74 Å². The molecule has 0 spiro atoms. The average molecular weight is 286 g/mol. The molecule has 5 heteroatoms. The van der Waals surface area contributed by atoms with E-state index in [0.717, 1.165) is 32.1 Å². The van der Waals surface area contributed by atoms with E-state index in [2.05, 4.69) is 34.6 Å². The third-order valence-corrected chi connectivity index (χ3v) is 3.12. The zero-order valence-electron chi connectivity index (χ0n) is 13.9. The first-order valence-electron chi connectivity index (χ1n) is 7.79. The normalized spacial score (nSPS) is 11.9. The zero-order valence-corrected chi connectivity index (χ0v) is 13.9. The summed E-state index contributed by atoms with van der Waals surface area (Å²) in [5.74, 6) is 0.897. The van der Waals surface area contributed by atoms with Gasteiger partial charge in [-0.1, -0.05) is 19.3 Å². The highest BCUT2D eigenvalue weighted by molar-refractivity contribution is 5.79.